The van der Waals surface area contributed by atoms with Crippen molar-refractivity contribution in [2.45, 2.75) is 54.4 Å². The van der Waals surface area contributed by atoms with Gasteiger partial charge in [0.2, 0.25) is 0 Å². The molecular formula is C18H26O2. The van der Waals surface area contributed by atoms with E-state index in [2.05, 4.69) is 27.4 Å². The zero-order valence-corrected chi connectivity index (χ0v) is 13.6. The highest BCUT2D eigenvalue weighted by molar-refractivity contribution is 6.14. The second-order valence-electron chi connectivity index (χ2n) is 8.44. The zero-order chi connectivity index (χ0) is 15.5. The van der Waals surface area contributed by atoms with Crippen molar-refractivity contribution >= 4 is 11.6 Å². The van der Waals surface area contributed by atoms with E-state index in [9.17, 15) is 9.59 Å². The number of fused-ring (bicyclic) bond motifs is 1. The van der Waals surface area contributed by atoms with Crippen molar-refractivity contribution in [3.63, 3.8) is 0 Å². The molecule has 2 aliphatic carbocycles. The molecule has 0 aromatic rings. The summed E-state index contributed by atoms with van der Waals surface area (Å²) in [6.45, 7) is 16.3. The van der Waals surface area contributed by atoms with Crippen LogP contribution in [0.25, 0.3) is 0 Å². The van der Waals surface area contributed by atoms with Crippen LogP contribution in [0.15, 0.2) is 23.8 Å². The van der Waals surface area contributed by atoms with E-state index < -0.39 is 5.41 Å². The molecule has 0 aliphatic heterocycles. The molecule has 110 valence electrons. The van der Waals surface area contributed by atoms with Gasteiger partial charge in [0.15, 0.2) is 11.6 Å². The number of carbonyl (C=O) groups excluding carboxylic acids is 2. The van der Waals surface area contributed by atoms with Gasteiger partial charge < -0.3 is 0 Å². The molecule has 0 unspecified atom stereocenters. The highest BCUT2D eigenvalue weighted by Gasteiger charge is 2.62. The quantitative estimate of drug-likeness (QED) is 0.623. The van der Waals surface area contributed by atoms with Gasteiger partial charge in [-0.1, -0.05) is 53.7 Å². The molecule has 0 aromatic carbocycles. The van der Waals surface area contributed by atoms with Crippen molar-refractivity contribution in [3.05, 3.63) is 23.8 Å². The first-order valence-electron chi connectivity index (χ1n) is 7.39. The summed E-state index contributed by atoms with van der Waals surface area (Å²) in [4.78, 5) is 25.9. The van der Waals surface area contributed by atoms with Gasteiger partial charge in [-0.3, -0.25) is 9.59 Å². The monoisotopic (exact) mass is 274 g/mol. The van der Waals surface area contributed by atoms with Crippen LogP contribution < -0.4 is 0 Å². The number of hydrogen-bond acceptors (Lipinski definition) is 2. The Balaban J connectivity index is 2.68. The predicted octanol–water partition coefficient (Wildman–Crippen LogP) is 4.11. The standard InChI is InChI=1S/C18H26O2/c1-11-8-12-14(19)9-13(16(2,3)4)15(20)18(12,10-11)17(5,6)7/h9,12H,1,8,10H2,2-7H3/t12-,18+/m0/s1. The van der Waals surface area contributed by atoms with Gasteiger partial charge in [-0.05, 0) is 29.7 Å². The molecule has 0 saturated heterocycles. The summed E-state index contributed by atoms with van der Waals surface area (Å²) in [7, 11) is 0. The molecule has 2 heteroatoms. The molecule has 2 nitrogen and oxygen atoms in total. The first-order chi connectivity index (χ1) is 8.91. The van der Waals surface area contributed by atoms with Crippen LogP contribution in [-0.2, 0) is 9.59 Å². The lowest BCUT2D eigenvalue weighted by Crippen LogP contribution is -2.52. The molecular weight excluding hydrogens is 248 g/mol. The van der Waals surface area contributed by atoms with Gasteiger partial charge in [-0.15, -0.1) is 0 Å². The lowest BCUT2D eigenvalue weighted by Gasteiger charge is -2.48. The van der Waals surface area contributed by atoms with Crippen molar-refractivity contribution < 1.29 is 9.59 Å². The van der Waals surface area contributed by atoms with E-state index >= 15 is 0 Å². The lowest BCUT2D eigenvalue weighted by molar-refractivity contribution is -0.144. The summed E-state index contributed by atoms with van der Waals surface area (Å²) in [6, 6.07) is 0. The maximum atomic E-state index is 13.3. The van der Waals surface area contributed by atoms with Crippen LogP contribution >= 0.6 is 0 Å². The van der Waals surface area contributed by atoms with Gasteiger partial charge in [-0.2, -0.15) is 0 Å². The smallest absolute Gasteiger partial charge is 0.167 e. The topological polar surface area (TPSA) is 34.1 Å². The molecule has 1 saturated carbocycles. The fourth-order valence-electron chi connectivity index (χ4n) is 3.87. The summed E-state index contributed by atoms with van der Waals surface area (Å²) in [5.41, 5.74) is 0.589. The van der Waals surface area contributed by atoms with E-state index in [1.807, 2.05) is 20.8 Å². The Kier molecular flexibility index (Phi) is 3.16. The Hall–Kier alpha value is -1.18. The molecule has 0 amide bonds. The highest BCUT2D eigenvalue weighted by Crippen LogP contribution is 2.60. The molecule has 1 fully saturated rings. The van der Waals surface area contributed by atoms with Gasteiger partial charge in [0.1, 0.15) is 0 Å². The van der Waals surface area contributed by atoms with Crippen LogP contribution in [0.4, 0.5) is 0 Å². The number of ketones is 2. The number of carbonyl (C=O) groups is 2. The average molecular weight is 274 g/mol. The summed E-state index contributed by atoms with van der Waals surface area (Å²) >= 11 is 0. The minimum Gasteiger partial charge on any atom is -0.294 e. The minimum atomic E-state index is -0.599. The Morgan fingerprint density at radius 3 is 2.15 bits per heavy atom. The number of Topliss-reactive ketones (excluding diaryl/α,β-unsaturated/α-hetero) is 1. The Labute approximate surface area is 122 Å². The van der Waals surface area contributed by atoms with Crippen LogP contribution in [0.2, 0.25) is 0 Å². The second kappa shape index (κ2) is 4.16. The van der Waals surface area contributed by atoms with Crippen molar-refractivity contribution in [2.24, 2.45) is 22.2 Å². The summed E-state index contributed by atoms with van der Waals surface area (Å²) in [5.74, 6) is 0.0671. The maximum absolute atomic E-state index is 13.3. The van der Waals surface area contributed by atoms with Crippen LogP contribution in [0.3, 0.4) is 0 Å². The first kappa shape index (κ1) is 15.2. The maximum Gasteiger partial charge on any atom is 0.167 e. The van der Waals surface area contributed by atoms with Crippen molar-refractivity contribution in [2.75, 3.05) is 0 Å². The number of allylic oxidation sites excluding steroid dienone is 3. The third kappa shape index (κ3) is 1.92. The van der Waals surface area contributed by atoms with Crippen LogP contribution in [0, 0.1) is 22.2 Å². The fraction of sp³-hybridized carbons (Fsp3) is 0.667. The second-order valence-corrected chi connectivity index (χ2v) is 8.44. The van der Waals surface area contributed by atoms with Crippen molar-refractivity contribution in [1.82, 2.24) is 0 Å². The molecule has 2 aliphatic rings. The summed E-state index contributed by atoms with van der Waals surface area (Å²) in [5, 5.41) is 0. The molecule has 0 bridgehead atoms. The van der Waals surface area contributed by atoms with Crippen LogP contribution in [0.1, 0.15) is 54.4 Å². The molecule has 20 heavy (non-hydrogen) atoms. The molecule has 2 rings (SSSR count). The van der Waals surface area contributed by atoms with Crippen molar-refractivity contribution in [1.29, 1.82) is 0 Å². The largest absolute Gasteiger partial charge is 0.294 e. The van der Waals surface area contributed by atoms with Gasteiger partial charge >= 0.3 is 0 Å². The summed E-state index contributed by atoms with van der Waals surface area (Å²) in [6.07, 6.45) is 2.92. The molecule has 2 atom stereocenters. The molecule has 0 N–H and O–H groups in total. The Bertz CT molecular complexity index is 523. The zero-order valence-electron chi connectivity index (χ0n) is 13.6. The first-order valence-corrected chi connectivity index (χ1v) is 7.39. The predicted molar refractivity (Wildman–Crippen MR) is 81.3 cm³/mol. The minimum absolute atomic E-state index is 0.114. The molecule has 0 heterocycles. The van der Waals surface area contributed by atoms with Gasteiger partial charge in [0.05, 0.1) is 5.41 Å². The lowest BCUT2D eigenvalue weighted by atomic mass is 9.53. The third-order valence-electron chi connectivity index (χ3n) is 5.04. The van der Waals surface area contributed by atoms with Crippen LogP contribution in [0.5, 0.6) is 0 Å². The Morgan fingerprint density at radius 2 is 1.70 bits per heavy atom. The third-order valence-corrected chi connectivity index (χ3v) is 5.04. The highest BCUT2D eigenvalue weighted by atomic mass is 16.1. The average Bonchev–Trinajstić information content (AvgIpc) is 2.60. The Morgan fingerprint density at radius 1 is 1.15 bits per heavy atom. The number of rotatable bonds is 0. The van der Waals surface area contributed by atoms with E-state index in [1.54, 1.807) is 6.08 Å². The van der Waals surface area contributed by atoms with Gasteiger partial charge in [0.25, 0.3) is 0 Å². The van der Waals surface area contributed by atoms with E-state index in [-0.39, 0.29) is 28.3 Å². The fourth-order valence-corrected chi connectivity index (χ4v) is 3.87. The SMILES string of the molecule is C=C1C[C@H]2C(=O)C=C(C(C)(C)C)C(=O)[C@@]2(C(C)(C)C)C1. The summed E-state index contributed by atoms with van der Waals surface area (Å²) < 4.78 is 0. The molecule has 0 spiro atoms. The van der Waals surface area contributed by atoms with Crippen molar-refractivity contribution in [3.8, 4) is 0 Å². The molecule has 0 aromatic heterocycles. The van der Waals surface area contributed by atoms with E-state index in [0.29, 0.717) is 18.4 Å². The van der Waals surface area contributed by atoms with E-state index in [0.717, 1.165) is 5.57 Å². The normalized spacial score (nSPS) is 31.4. The van der Waals surface area contributed by atoms with Gasteiger partial charge in [-0.25, -0.2) is 0 Å². The molecule has 0 radical (unpaired) electrons. The van der Waals surface area contributed by atoms with E-state index in [4.69, 9.17) is 0 Å². The van der Waals surface area contributed by atoms with Gasteiger partial charge in [0, 0.05) is 11.5 Å². The van der Waals surface area contributed by atoms with E-state index in [1.165, 1.54) is 0 Å². The van der Waals surface area contributed by atoms with Crippen LogP contribution in [-0.4, -0.2) is 11.6 Å². The number of hydrogen-bond donors (Lipinski definition) is 0.